The van der Waals surface area contributed by atoms with Gasteiger partial charge in [-0.15, -0.1) is 0 Å². The Morgan fingerprint density at radius 2 is 1.61 bits per heavy atom. The van der Waals surface area contributed by atoms with Crippen molar-refractivity contribution < 1.29 is 14.4 Å². The fourth-order valence-corrected chi connectivity index (χ4v) is 8.22. The predicted molar refractivity (Wildman–Crippen MR) is 183 cm³/mol. The molecule has 3 fully saturated rings. The second-order valence-electron chi connectivity index (χ2n) is 13.6. The number of aryl methyl sites for hydroxylation is 1. The molecule has 248 valence electrons. The van der Waals surface area contributed by atoms with Gasteiger partial charge < -0.3 is 30.7 Å². The molecule has 0 unspecified atom stereocenters. The number of halogens is 1. The lowest BCUT2D eigenvalue weighted by Gasteiger charge is -2.41. The number of para-hydroxylation sites is 1. The maximum Gasteiger partial charge on any atom is 0.322 e. The predicted octanol–water partition coefficient (Wildman–Crippen LogP) is 5.55. The van der Waals surface area contributed by atoms with Crippen LogP contribution in [0, 0.1) is 5.92 Å². The fraction of sp³-hybridized carbons (Fsp3) is 0.583. The highest BCUT2D eigenvalue weighted by Crippen LogP contribution is 2.31. The lowest BCUT2D eigenvalue weighted by molar-refractivity contribution is -0.143. The number of piperidine rings is 3. The molecule has 9 nitrogen and oxygen atoms in total. The van der Waals surface area contributed by atoms with E-state index in [2.05, 4.69) is 10.2 Å². The number of nitrogens with two attached hydrogens (primary N) is 1. The first-order chi connectivity index (χ1) is 22.3. The van der Waals surface area contributed by atoms with Crippen molar-refractivity contribution in [3.8, 4) is 0 Å². The van der Waals surface area contributed by atoms with Gasteiger partial charge in [0.25, 0.3) is 0 Å². The van der Waals surface area contributed by atoms with E-state index in [0.29, 0.717) is 42.8 Å². The summed E-state index contributed by atoms with van der Waals surface area (Å²) in [6, 6.07) is 12.3. The smallest absolute Gasteiger partial charge is 0.322 e. The van der Waals surface area contributed by atoms with Gasteiger partial charge in [-0.05, 0) is 93.3 Å². The zero-order valence-electron chi connectivity index (χ0n) is 27.2. The first kappa shape index (κ1) is 32.6. The van der Waals surface area contributed by atoms with E-state index < -0.39 is 5.92 Å². The van der Waals surface area contributed by atoms with Crippen LogP contribution in [0.15, 0.2) is 36.4 Å². The largest absolute Gasteiger partial charge is 0.397 e. The van der Waals surface area contributed by atoms with E-state index >= 15 is 0 Å². The number of carbonyl (C=O) groups excluding carboxylic acids is 3. The Bertz CT molecular complexity index is 1410. The summed E-state index contributed by atoms with van der Waals surface area (Å²) >= 11 is 6.51. The Labute approximate surface area is 278 Å². The molecule has 1 atom stereocenters. The summed E-state index contributed by atoms with van der Waals surface area (Å²) in [5.74, 6) is -0.397. The van der Waals surface area contributed by atoms with E-state index in [4.69, 9.17) is 17.3 Å². The molecule has 10 heteroatoms. The van der Waals surface area contributed by atoms with E-state index in [1.54, 1.807) is 0 Å². The Kier molecular flexibility index (Phi) is 10.4. The van der Waals surface area contributed by atoms with E-state index in [-0.39, 0.29) is 30.3 Å². The number of amides is 4. The number of hydrogen-bond donors (Lipinski definition) is 2. The molecule has 0 radical (unpaired) electrons. The SMILES string of the molecule is CCc1cc(C[C@@H](CC(=O)N2CCC(N3Cc4ccccc4NC3=O)CC2)C(=O)N2CCC(N3CCCCC3)CC2)cc(Cl)c1N. The van der Waals surface area contributed by atoms with Crippen LogP contribution in [0.4, 0.5) is 16.2 Å². The van der Waals surface area contributed by atoms with Crippen molar-refractivity contribution in [2.75, 3.05) is 50.3 Å². The zero-order valence-corrected chi connectivity index (χ0v) is 27.9. The lowest BCUT2D eigenvalue weighted by atomic mass is 9.90. The van der Waals surface area contributed by atoms with Crippen molar-refractivity contribution in [1.82, 2.24) is 19.6 Å². The van der Waals surface area contributed by atoms with E-state index in [0.717, 1.165) is 67.6 Å². The van der Waals surface area contributed by atoms with Gasteiger partial charge in [0, 0.05) is 56.9 Å². The van der Waals surface area contributed by atoms with Crippen LogP contribution in [0.3, 0.4) is 0 Å². The van der Waals surface area contributed by atoms with Crippen molar-refractivity contribution in [2.24, 2.45) is 5.92 Å². The van der Waals surface area contributed by atoms with Crippen molar-refractivity contribution in [2.45, 2.75) is 89.8 Å². The topological polar surface area (TPSA) is 102 Å². The molecule has 4 aliphatic rings. The summed E-state index contributed by atoms with van der Waals surface area (Å²) in [7, 11) is 0. The number of carbonyl (C=O) groups is 3. The van der Waals surface area contributed by atoms with Crippen molar-refractivity contribution in [1.29, 1.82) is 0 Å². The number of nitrogens with one attached hydrogen (secondary N) is 1. The van der Waals surface area contributed by atoms with Crippen LogP contribution in [0.25, 0.3) is 0 Å². The molecular formula is C36H49ClN6O3. The van der Waals surface area contributed by atoms with Gasteiger partial charge in [0.2, 0.25) is 11.8 Å². The normalized spacial score (nSPS) is 20.7. The van der Waals surface area contributed by atoms with Crippen LogP contribution in [0.1, 0.15) is 75.0 Å². The number of urea groups is 1. The molecule has 6 rings (SSSR count). The van der Waals surface area contributed by atoms with E-state index in [1.807, 2.05) is 58.0 Å². The van der Waals surface area contributed by atoms with Crippen molar-refractivity contribution >= 4 is 40.8 Å². The molecule has 3 N–H and O–H groups in total. The number of hydrogen-bond acceptors (Lipinski definition) is 5. The molecule has 0 aromatic heterocycles. The maximum absolute atomic E-state index is 14.1. The summed E-state index contributed by atoms with van der Waals surface area (Å²) in [6.45, 7) is 7.57. The molecule has 0 bridgehead atoms. The molecule has 0 spiro atoms. The van der Waals surface area contributed by atoms with Crippen LogP contribution >= 0.6 is 11.6 Å². The lowest BCUT2D eigenvalue weighted by Crippen LogP contribution is -2.52. The average Bonchev–Trinajstić information content (AvgIpc) is 3.09. The van der Waals surface area contributed by atoms with Crippen LogP contribution < -0.4 is 11.1 Å². The summed E-state index contributed by atoms with van der Waals surface area (Å²) in [5, 5.41) is 3.52. The number of nitrogen functional groups attached to an aromatic ring is 1. The van der Waals surface area contributed by atoms with Gasteiger partial charge in [-0.2, -0.15) is 0 Å². The minimum atomic E-state index is -0.467. The Balaban J connectivity index is 1.10. The zero-order chi connectivity index (χ0) is 32.2. The Morgan fingerprint density at radius 3 is 2.33 bits per heavy atom. The third-order valence-corrected chi connectivity index (χ3v) is 11.0. The van der Waals surface area contributed by atoms with Crippen LogP contribution in [0.5, 0.6) is 0 Å². The standard InChI is InChI=1S/C36H49ClN6O3/c1-2-26-20-25(22-31(37)34(26)38)21-28(35(45)42-18-10-29(11-19-42)40-14-6-3-7-15-40)23-33(44)41-16-12-30(13-17-41)43-24-27-8-4-5-9-32(27)39-36(43)46/h4-5,8-9,20,22,28-30H,2-3,6-7,10-19,21,23-24,38H2,1H3,(H,39,46)/t28-/m0/s1. The Hall–Kier alpha value is -3.30. The molecular weight excluding hydrogens is 600 g/mol. The molecule has 3 saturated heterocycles. The third kappa shape index (κ3) is 7.31. The Morgan fingerprint density at radius 1 is 0.935 bits per heavy atom. The maximum atomic E-state index is 14.1. The monoisotopic (exact) mass is 648 g/mol. The number of fused-ring (bicyclic) bond motifs is 1. The van der Waals surface area contributed by atoms with E-state index in [9.17, 15) is 14.4 Å². The summed E-state index contributed by atoms with van der Waals surface area (Å²) in [4.78, 5) is 49.2. The second kappa shape index (κ2) is 14.6. The summed E-state index contributed by atoms with van der Waals surface area (Å²) < 4.78 is 0. The highest BCUT2D eigenvalue weighted by molar-refractivity contribution is 6.33. The fourth-order valence-electron chi connectivity index (χ4n) is 7.96. The molecule has 4 heterocycles. The third-order valence-electron chi connectivity index (χ3n) is 10.7. The highest BCUT2D eigenvalue weighted by Gasteiger charge is 2.36. The van der Waals surface area contributed by atoms with Gasteiger partial charge in [-0.3, -0.25) is 9.59 Å². The van der Waals surface area contributed by atoms with Crippen molar-refractivity contribution in [3.63, 3.8) is 0 Å². The van der Waals surface area contributed by atoms with Gasteiger partial charge in [0.1, 0.15) is 0 Å². The molecule has 4 aliphatic heterocycles. The summed E-state index contributed by atoms with van der Waals surface area (Å²) in [5.41, 5.74) is 10.7. The van der Waals surface area contributed by atoms with Gasteiger partial charge in [-0.25, -0.2) is 4.79 Å². The first-order valence-corrected chi connectivity index (χ1v) is 17.7. The van der Waals surface area contributed by atoms with Gasteiger partial charge in [-0.1, -0.05) is 49.2 Å². The first-order valence-electron chi connectivity index (χ1n) is 17.3. The number of nitrogens with zero attached hydrogens (tertiary/aromatic N) is 4. The van der Waals surface area contributed by atoms with Crippen LogP contribution in [0.2, 0.25) is 5.02 Å². The average molecular weight is 649 g/mol. The minimum Gasteiger partial charge on any atom is -0.397 e. The molecule has 2 aromatic rings. The van der Waals surface area contributed by atoms with Crippen molar-refractivity contribution in [3.05, 3.63) is 58.1 Å². The van der Waals surface area contributed by atoms with Gasteiger partial charge >= 0.3 is 6.03 Å². The second-order valence-corrected chi connectivity index (χ2v) is 14.0. The number of benzene rings is 2. The molecule has 4 amide bonds. The number of likely N-dealkylation sites (tertiary alicyclic amines) is 3. The quantitative estimate of drug-likeness (QED) is 0.366. The van der Waals surface area contributed by atoms with E-state index in [1.165, 1.54) is 32.4 Å². The van der Waals surface area contributed by atoms with Crippen LogP contribution in [-0.2, 0) is 29.0 Å². The minimum absolute atomic E-state index is 0.00528. The van der Waals surface area contributed by atoms with Crippen LogP contribution in [-0.4, -0.2) is 88.8 Å². The molecule has 2 aromatic carbocycles. The van der Waals surface area contributed by atoms with Gasteiger partial charge in [0.15, 0.2) is 0 Å². The van der Waals surface area contributed by atoms with Gasteiger partial charge in [0.05, 0.1) is 16.6 Å². The summed E-state index contributed by atoms with van der Waals surface area (Å²) in [6.07, 6.45) is 8.63. The molecule has 0 saturated carbocycles. The number of anilines is 2. The molecule has 0 aliphatic carbocycles. The number of rotatable bonds is 8. The molecule has 46 heavy (non-hydrogen) atoms. The highest BCUT2D eigenvalue weighted by atomic mass is 35.5.